The highest BCUT2D eigenvalue weighted by molar-refractivity contribution is 6.30. The van der Waals surface area contributed by atoms with Crippen LogP contribution < -0.4 is 5.73 Å². The summed E-state index contributed by atoms with van der Waals surface area (Å²) in [7, 11) is 0. The van der Waals surface area contributed by atoms with Crippen LogP contribution in [-0.2, 0) is 0 Å². The van der Waals surface area contributed by atoms with Gasteiger partial charge in [0.1, 0.15) is 22.5 Å². The zero-order chi connectivity index (χ0) is 12.7. The van der Waals surface area contributed by atoms with Crippen molar-refractivity contribution in [2.75, 3.05) is 5.73 Å². The summed E-state index contributed by atoms with van der Waals surface area (Å²) in [6, 6.07) is 9.94. The minimum Gasteiger partial charge on any atom is -0.506 e. The fraction of sp³-hybridized carbons (Fsp3) is 0. The first-order valence-electron chi connectivity index (χ1n) is 5.25. The second-order valence-corrected chi connectivity index (χ2v) is 4.31. The van der Waals surface area contributed by atoms with Crippen molar-refractivity contribution in [2.24, 2.45) is 0 Å². The van der Waals surface area contributed by atoms with E-state index in [0.717, 1.165) is 0 Å². The van der Waals surface area contributed by atoms with E-state index >= 15 is 0 Å². The Kier molecular flexibility index (Phi) is 2.34. The Bertz CT molecular complexity index is 738. The van der Waals surface area contributed by atoms with Crippen molar-refractivity contribution in [1.29, 1.82) is 0 Å². The molecular formula is C12H9ClN4O. The molecule has 3 N–H and O–H groups in total. The minimum atomic E-state index is 0.0627. The SMILES string of the molecule is Nc1ccc2nn(-c3cc(Cl)ccc3O)nc2c1. The van der Waals surface area contributed by atoms with Crippen LogP contribution in [0, 0.1) is 0 Å². The fourth-order valence-electron chi connectivity index (χ4n) is 1.70. The number of rotatable bonds is 1. The summed E-state index contributed by atoms with van der Waals surface area (Å²) in [5.74, 6) is 0.0627. The van der Waals surface area contributed by atoms with Crippen LogP contribution in [0.25, 0.3) is 16.7 Å². The zero-order valence-corrected chi connectivity index (χ0v) is 9.96. The first-order valence-corrected chi connectivity index (χ1v) is 5.63. The molecule has 2 aromatic carbocycles. The topological polar surface area (TPSA) is 77.0 Å². The zero-order valence-electron chi connectivity index (χ0n) is 9.21. The molecule has 3 rings (SSSR count). The summed E-state index contributed by atoms with van der Waals surface area (Å²) in [5.41, 5.74) is 8.08. The number of halogens is 1. The van der Waals surface area contributed by atoms with E-state index in [0.29, 0.717) is 27.4 Å². The largest absolute Gasteiger partial charge is 0.506 e. The number of aromatic hydroxyl groups is 1. The van der Waals surface area contributed by atoms with Crippen molar-refractivity contribution in [3.8, 4) is 11.4 Å². The molecule has 0 amide bonds. The van der Waals surface area contributed by atoms with Crippen molar-refractivity contribution >= 4 is 28.3 Å². The first kappa shape index (κ1) is 10.9. The molecular weight excluding hydrogens is 252 g/mol. The molecule has 0 bridgehead atoms. The summed E-state index contributed by atoms with van der Waals surface area (Å²) in [5, 5.41) is 18.8. The fourth-order valence-corrected chi connectivity index (χ4v) is 1.86. The number of phenols is 1. The second-order valence-electron chi connectivity index (χ2n) is 3.87. The highest BCUT2D eigenvalue weighted by atomic mass is 35.5. The smallest absolute Gasteiger partial charge is 0.143 e. The third kappa shape index (κ3) is 1.74. The average Bonchev–Trinajstić information content (AvgIpc) is 2.74. The van der Waals surface area contributed by atoms with Crippen LogP contribution in [0.3, 0.4) is 0 Å². The number of hydrogen-bond acceptors (Lipinski definition) is 4. The van der Waals surface area contributed by atoms with Gasteiger partial charge in [0.05, 0.1) is 0 Å². The molecule has 6 heteroatoms. The summed E-state index contributed by atoms with van der Waals surface area (Å²) in [4.78, 5) is 1.34. The van der Waals surface area contributed by atoms with Gasteiger partial charge in [0.2, 0.25) is 0 Å². The Balaban J connectivity index is 2.22. The lowest BCUT2D eigenvalue weighted by molar-refractivity contribution is 0.468. The molecule has 1 aromatic heterocycles. The lowest BCUT2D eigenvalue weighted by atomic mass is 10.3. The van der Waals surface area contributed by atoms with Gasteiger partial charge in [-0.2, -0.15) is 0 Å². The van der Waals surface area contributed by atoms with Crippen molar-refractivity contribution in [2.45, 2.75) is 0 Å². The Morgan fingerprint density at radius 1 is 1.06 bits per heavy atom. The van der Waals surface area contributed by atoms with Crippen LogP contribution in [0.5, 0.6) is 5.75 Å². The number of benzene rings is 2. The molecule has 0 saturated heterocycles. The van der Waals surface area contributed by atoms with Gasteiger partial charge < -0.3 is 10.8 Å². The van der Waals surface area contributed by atoms with Gasteiger partial charge in [0, 0.05) is 10.7 Å². The number of phenolic OH excluding ortho intramolecular Hbond substituents is 1. The Morgan fingerprint density at radius 3 is 2.67 bits per heavy atom. The molecule has 18 heavy (non-hydrogen) atoms. The maximum Gasteiger partial charge on any atom is 0.143 e. The third-order valence-electron chi connectivity index (χ3n) is 2.56. The molecule has 0 radical (unpaired) electrons. The number of aromatic nitrogens is 3. The lowest BCUT2D eigenvalue weighted by Crippen LogP contribution is -1.98. The van der Waals surface area contributed by atoms with E-state index in [1.54, 1.807) is 30.3 Å². The molecule has 0 atom stereocenters. The summed E-state index contributed by atoms with van der Waals surface area (Å²) in [6.45, 7) is 0. The summed E-state index contributed by atoms with van der Waals surface area (Å²) in [6.07, 6.45) is 0. The van der Waals surface area contributed by atoms with Crippen LogP contribution in [0.15, 0.2) is 36.4 Å². The van der Waals surface area contributed by atoms with Crippen LogP contribution >= 0.6 is 11.6 Å². The number of nitrogens with zero attached hydrogens (tertiary/aromatic N) is 3. The molecule has 0 spiro atoms. The summed E-state index contributed by atoms with van der Waals surface area (Å²) >= 11 is 5.89. The Labute approximate surface area is 107 Å². The van der Waals surface area contributed by atoms with Gasteiger partial charge >= 0.3 is 0 Å². The van der Waals surface area contributed by atoms with Gasteiger partial charge in [-0.25, -0.2) is 0 Å². The van der Waals surface area contributed by atoms with Gasteiger partial charge in [0.15, 0.2) is 0 Å². The quantitative estimate of drug-likeness (QED) is 0.659. The van der Waals surface area contributed by atoms with Gasteiger partial charge in [-0.05, 0) is 36.4 Å². The van der Waals surface area contributed by atoms with Gasteiger partial charge in [-0.3, -0.25) is 0 Å². The molecule has 0 aliphatic rings. The van der Waals surface area contributed by atoms with Crippen molar-refractivity contribution in [3.63, 3.8) is 0 Å². The summed E-state index contributed by atoms with van der Waals surface area (Å²) < 4.78 is 0. The van der Waals surface area contributed by atoms with Gasteiger partial charge in [-0.15, -0.1) is 15.0 Å². The molecule has 0 unspecified atom stereocenters. The van der Waals surface area contributed by atoms with E-state index < -0.39 is 0 Å². The third-order valence-corrected chi connectivity index (χ3v) is 2.79. The van der Waals surface area contributed by atoms with Crippen LogP contribution in [0.1, 0.15) is 0 Å². The second kappa shape index (κ2) is 3.89. The lowest BCUT2D eigenvalue weighted by Gasteiger charge is -2.02. The van der Waals surface area contributed by atoms with Crippen molar-refractivity contribution in [1.82, 2.24) is 15.0 Å². The van der Waals surface area contributed by atoms with Crippen LogP contribution in [-0.4, -0.2) is 20.1 Å². The van der Waals surface area contributed by atoms with Crippen molar-refractivity contribution < 1.29 is 5.11 Å². The number of hydrogen-bond donors (Lipinski definition) is 2. The van der Waals surface area contributed by atoms with E-state index in [1.807, 2.05) is 0 Å². The Hall–Kier alpha value is -2.27. The molecule has 3 aromatic rings. The van der Waals surface area contributed by atoms with E-state index in [-0.39, 0.29) is 5.75 Å². The maximum atomic E-state index is 9.78. The van der Waals surface area contributed by atoms with E-state index in [2.05, 4.69) is 10.2 Å². The molecule has 90 valence electrons. The normalized spacial score (nSPS) is 10.9. The number of fused-ring (bicyclic) bond motifs is 1. The molecule has 0 saturated carbocycles. The van der Waals surface area contributed by atoms with Crippen molar-refractivity contribution in [3.05, 3.63) is 41.4 Å². The van der Waals surface area contributed by atoms with Crippen LogP contribution in [0.2, 0.25) is 5.02 Å². The monoisotopic (exact) mass is 260 g/mol. The van der Waals surface area contributed by atoms with E-state index in [9.17, 15) is 5.11 Å². The number of nitrogen functional groups attached to an aromatic ring is 1. The predicted octanol–water partition coefficient (Wildman–Crippen LogP) is 2.36. The van der Waals surface area contributed by atoms with Crippen LogP contribution in [0.4, 0.5) is 5.69 Å². The maximum absolute atomic E-state index is 9.78. The average molecular weight is 261 g/mol. The Morgan fingerprint density at radius 2 is 1.83 bits per heavy atom. The molecule has 5 nitrogen and oxygen atoms in total. The molecule has 1 heterocycles. The molecule has 0 aliphatic heterocycles. The first-order chi connectivity index (χ1) is 8.63. The van der Waals surface area contributed by atoms with E-state index in [1.165, 1.54) is 10.9 Å². The molecule has 0 fully saturated rings. The molecule has 0 aliphatic carbocycles. The number of anilines is 1. The number of nitrogens with two attached hydrogens (primary N) is 1. The van der Waals surface area contributed by atoms with Gasteiger partial charge in [-0.1, -0.05) is 11.6 Å². The minimum absolute atomic E-state index is 0.0627. The van der Waals surface area contributed by atoms with Gasteiger partial charge in [0.25, 0.3) is 0 Å². The highest BCUT2D eigenvalue weighted by Gasteiger charge is 2.09. The van der Waals surface area contributed by atoms with E-state index in [4.69, 9.17) is 17.3 Å². The predicted molar refractivity (Wildman–Crippen MR) is 70.0 cm³/mol. The standard InChI is InChI=1S/C12H9ClN4O/c13-7-1-4-12(18)11(5-7)17-15-9-3-2-8(14)6-10(9)16-17/h1-6,18H,14H2. The highest BCUT2D eigenvalue weighted by Crippen LogP contribution is 2.25.